The van der Waals surface area contributed by atoms with Gasteiger partial charge in [-0.1, -0.05) is 45.7 Å². The minimum atomic E-state index is -0.504. The molecule has 1 rings (SSSR count). The number of nitrogens with one attached hydrogen (secondary N) is 2. The molecule has 8 heteroatoms. The number of nitro benzene ring substituents is 1. The lowest BCUT2D eigenvalue weighted by Crippen LogP contribution is -2.47. The quantitative estimate of drug-likeness (QED) is 0.291. The van der Waals surface area contributed by atoms with Crippen LogP contribution in [0.2, 0.25) is 0 Å². The number of rotatable bonds is 12. The van der Waals surface area contributed by atoms with Crippen molar-refractivity contribution in [3.8, 4) is 0 Å². The van der Waals surface area contributed by atoms with Crippen LogP contribution in [0.25, 0.3) is 0 Å². The second-order valence-corrected chi connectivity index (χ2v) is 7.54. The van der Waals surface area contributed by atoms with Gasteiger partial charge in [0, 0.05) is 6.07 Å². The van der Waals surface area contributed by atoms with Crippen LogP contribution in [0.4, 0.5) is 5.69 Å². The molecule has 0 aliphatic heterocycles. The van der Waals surface area contributed by atoms with Crippen LogP contribution in [0.5, 0.6) is 0 Å². The van der Waals surface area contributed by atoms with Gasteiger partial charge in [0.1, 0.15) is 4.90 Å². The molecule has 0 saturated heterocycles. The van der Waals surface area contributed by atoms with Gasteiger partial charge in [-0.05, 0) is 36.8 Å². The lowest BCUT2D eigenvalue weighted by molar-refractivity contribution is -0.387. The van der Waals surface area contributed by atoms with Crippen molar-refractivity contribution in [2.45, 2.75) is 63.4 Å². The molecule has 0 bridgehead atoms. The molecule has 0 aromatic heterocycles. The van der Waals surface area contributed by atoms with Crippen LogP contribution in [0, 0.1) is 16.0 Å². The molecule has 1 aromatic carbocycles. The summed E-state index contributed by atoms with van der Waals surface area (Å²) in [6, 6.07) is 5.65. The van der Waals surface area contributed by atoms with E-state index in [4.69, 9.17) is 0 Å². The van der Waals surface area contributed by atoms with Crippen molar-refractivity contribution in [2.75, 3.05) is 6.61 Å². The molecule has 0 radical (unpaired) electrons. The van der Waals surface area contributed by atoms with Crippen LogP contribution in [-0.4, -0.2) is 34.6 Å². The number of hydrogen-bond donors (Lipinski definition) is 3. The van der Waals surface area contributed by atoms with Crippen molar-refractivity contribution < 1.29 is 14.8 Å². The number of aliphatic hydroxyl groups excluding tert-OH is 1. The fraction of sp³-hybridized carbons (Fsp3) is 0.611. The maximum Gasteiger partial charge on any atom is 0.284 e. The summed E-state index contributed by atoms with van der Waals surface area (Å²) in [5.41, 5.74) is 0.00452. The average molecular weight is 384 g/mol. The van der Waals surface area contributed by atoms with Gasteiger partial charge >= 0.3 is 0 Å². The molecule has 0 spiro atoms. The highest BCUT2D eigenvalue weighted by Gasteiger charge is 2.23. The second-order valence-electron chi connectivity index (χ2n) is 6.66. The third-order valence-electron chi connectivity index (χ3n) is 3.87. The largest absolute Gasteiger partial charge is 0.394 e. The van der Waals surface area contributed by atoms with E-state index in [2.05, 4.69) is 17.0 Å². The van der Waals surface area contributed by atoms with Gasteiger partial charge in [0.15, 0.2) is 0 Å². The van der Waals surface area contributed by atoms with E-state index in [-0.39, 0.29) is 30.2 Å². The van der Waals surface area contributed by atoms with Crippen molar-refractivity contribution in [1.29, 1.82) is 0 Å². The summed E-state index contributed by atoms with van der Waals surface area (Å²) in [4.78, 5) is 23.8. The summed E-state index contributed by atoms with van der Waals surface area (Å²) in [5.74, 6) is 0.0766. The minimum absolute atomic E-state index is 0.00452. The Hall–Kier alpha value is -1.64. The predicted molar refractivity (Wildman–Crippen MR) is 104 cm³/mol. The highest BCUT2D eigenvalue weighted by atomic mass is 32.2. The maximum absolute atomic E-state index is 12.6. The maximum atomic E-state index is 12.6. The number of carbonyl (C=O) groups excluding carboxylic acids is 1. The van der Waals surface area contributed by atoms with Crippen molar-refractivity contribution in [1.82, 2.24) is 10.0 Å². The first-order chi connectivity index (χ1) is 12.4. The highest BCUT2D eigenvalue weighted by Crippen LogP contribution is 2.27. The SMILES string of the molecule is CCCC[C@@H](CO)NC(=O)[C@H](CC(C)C)NSc1ccccc1[N+](=O)[O-]. The average Bonchev–Trinajstić information content (AvgIpc) is 2.61. The second kappa shape index (κ2) is 11.9. The molecular weight excluding hydrogens is 354 g/mol. The zero-order valence-electron chi connectivity index (χ0n) is 15.6. The number of aliphatic hydroxyl groups is 1. The number of nitro groups is 1. The van der Waals surface area contributed by atoms with Crippen LogP contribution in [0.15, 0.2) is 29.2 Å². The Balaban J connectivity index is 2.77. The first kappa shape index (κ1) is 22.4. The first-order valence-electron chi connectivity index (χ1n) is 8.96. The fourth-order valence-corrected chi connectivity index (χ4v) is 3.34. The van der Waals surface area contributed by atoms with Gasteiger partial charge in [-0.2, -0.15) is 0 Å². The van der Waals surface area contributed by atoms with E-state index in [1.54, 1.807) is 18.2 Å². The van der Waals surface area contributed by atoms with E-state index in [0.29, 0.717) is 11.3 Å². The Morgan fingerprint density at radius 1 is 1.35 bits per heavy atom. The number of unbranched alkanes of at least 4 members (excludes halogenated alkanes) is 1. The van der Waals surface area contributed by atoms with Crippen molar-refractivity contribution >= 4 is 23.5 Å². The zero-order valence-corrected chi connectivity index (χ0v) is 16.4. The van der Waals surface area contributed by atoms with E-state index >= 15 is 0 Å². The molecular formula is C18H29N3O4S. The minimum Gasteiger partial charge on any atom is -0.394 e. The van der Waals surface area contributed by atoms with E-state index in [0.717, 1.165) is 31.2 Å². The van der Waals surface area contributed by atoms with Crippen LogP contribution < -0.4 is 10.0 Å². The molecule has 1 aromatic rings. The molecule has 7 nitrogen and oxygen atoms in total. The van der Waals surface area contributed by atoms with Gasteiger partial charge in [-0.3, -0.25) is 14.9 Å². The van der Waals surface area contributed by atoms with Crippen LogP contribution in [0.1, 0.15) is 46.5 Å². The third-order valence-corrected chi connectivity index (χ3v) is 4.84. The first-order valence-corrected chi connectivity index (χ1v) is 9.77. The number of carbonyl (C=O) groups is 1. The molecule has 0 heterocycles. The molecule has 0 aliphatic carbocycles. The van der Waals surface area contributed by atoms with Crippen molar-refractivity contribution in [3.05, 3.63) is 34.4 Å². The monoisotopic (exact) mass is 383 g/mol. The summed E-state index contributed by atoms with van der Waals surface area (Å²) in [7, 11) is 0. The van der Waals surface area contributed by atoms with Gasteiger partial charge < -0.3 is 10.4 Å². The van der Waals surface area contributed by atoms with E-state index in [1.807, 2.05) is 13.8 Å². The summed E-state index contributed by atoms with van der Waals surface area (Å²) < 4.78 is 3.07. The molecule has 146 valence electrons. The summed E-state index contributed by atoms with van der Waals surface area (Å²) >= 11 is 1.09. The van der Waals surface area contributed by atoms with Crippen LogP contribution >= 0.6 is 11.9 Å². The van der Waals surface area contributed by atoms with Crippen molar-refractivity contribution in [3.63, 3.8) is 0 Å². The molecule has 0 aliphatic rings. The third kappa shape index (κ3) is 7.72. The van der Waals surface area contributed by atoms with Gasteiger partial charge in [-0.15, -0.1) is 0 Å². The molecule has 0 fully saturated rings. The number of amides is 1. The molecule has 0 saturated carbocycles. The summed E-state index contributed by atoms with van der Waals surface area (Å²) in [6.45, 7) is 5.98. The number of nitrogens with zero attached hydrogens (tertiary/aromatic N) is 1. The zero-order chi connectivity index (χ0) is 19.5. The van der Waals surface area contributed by atoms with E-state index in [1.165, 1.54) is 6.07 Å². The lowest BCUT2D eigenvalue weighted by Gasteiger charge is -2.23. The topological polar surface area (TPSA) is 104 Å². The van der Waals surface area contributed by atoms with E-state index in [9.17, 15) is 20.0 Å². The lowest BCUT2D eigenvalue weighted by atomic mass is 10.0. The highest BCUT2D eigenvalue weighted by molar-refractivity contribution is 7.97. The van der Waals surface area contributed by atoms with Gasteiger partial charge in [0.05, 0.1) is 23.6 Å². The predicted octanol–water partition coefficient (Wildman–Crippen LogP) is 3.27. The smallest absolute Gasteiger partial charge is 0.284 e. The Morgan fingerprint density at radius 2 is 2.04 bits per heavy atom. The Morgan fingerprint density at radius 3 is 2.62 bits per heavy atom. The van der Waals surface area contributed by atoms with E-state index < -0.39 is 11.0 Å². The Labute approximate surface area is 159 Å². The normalized spacial score (nSPS) is 13.4. The Kier molecular flexibility index (Phi) is 10.2. The fourth-order valence-electron chi connectivity index (χ4n) is 2.47. The van der Waals surface area contributed by atoms with Gasteiger partial charge in [0.25, 0.3) is 5.69 Å². The Bertz CT molecular complexity index is 583. The molecule has 1 amide bonds. The number of benzene rings is 1. The molecule has 3 N–H and O–H groups in total. The summed E-state index contributed by atoms with van der Waals surface area (Å²) in [5, 5.41) is 23.5. The van der Waals surface area contributed by atoms with Gasteiger partial charge in [0.2, 0.25) is 5.91 Å². The summed E-state index contributed by atoms with van der Waals surface area (Å²) in [6.07, 6.45) is 3.24. The van der Waals surface area contributed by atoms with Crippen LogP contribution in [0.3, 0.4) is 0 Å². The standard InChI is InChI=1S/C18H29N3O4S/c1-4-5-8-14(12-22)19-18(23)15(11-13(2)3)20-26-17-10-7-6-9-16(17)21(24)25/h6-7,9-10,13-15,20,22H,4-5,8,11-12H2,1-3H3,(H,19,23)/t14-,15-/m0/s1. The van der Waals surface area contributed by atoms with Gasteiger partial charge in [-0.25, -0.2) is 4.72 Å². The number of hydrogen-bond acceptors (Lipinski definition) is 6. The van der Waals surface area contributed by atoms with Crippen LogP contribution in [-0.2, 0) is 4.79 Å². The van der Waals surface area contributed by atoms with Crippen molar-refractivity contribution in [2.24, 2.45) is 5.92 Å². The molecule has 0 unspecified atom stereocenters. The number of para-hydroxylation sites is 1. The molecule has 26 heavy (non-hydrogen) atoms. The molecule has 2 atom stereocenters.